The third kappa shape index (κ3) is 1.83. The summed E-state index contributed by atoms with van der Waals surface area (Å²) in [5, 5.41) is 11.4. The Morgan fingerprint density at radius 3 is 2.87 bits per heavy atom. The summed E-state index contributed by atoms with van der Waals surface area (Å²) in [7, 11) is 0. The second-order valence-corrected chi connectivity index (χ2v) is 4.29. The van der Waals surface area contributed by atoms with Crippen LogP contribution in [0.1, 0.15) is 24.4 Å². The fourth-order valence-electron chi connectivity index (χ4n) is 1.45. The Hall–Kier alpha value is -1.49. The van der Waals surface area contributed by atoms with Gasteiger partial charge in [0.1, 0.15) is 0 Å². The molecule has 0 bridgehead atoms. The highest BCUT2D eigenvalue weighted by Crippen LogP contribution is 2.29. The molecule has 0 amide bonds. The second kappa shape index (κ2) is 3.94. The predicted molar refractivity (Wildman–Crippen MR) is 59.6 cm³/mol. The van der Waals surface area contributed by atoms with Gasteiger partial charge in [0, 0.05) is 11.3 Å². The molecule has 0 saturated heterocycles. The average molecular weight is 222 g/mol. The molecule has 0 saturated carbocycles. The minimum Gasteiger partial charge on any atom is -0.264 e. The summed E-state index contributed by atoms with van der Waals surface area (Å²) in [6.45, 7) is 1.81. The maximum atomic E-state index is 10.8. The van der Waals surface area contributed by atoms with Crippen LogP contribution in [0.15, 0.2) is 24.3 Å². The van der Waals surface area contributed by atoms with Crippen molar-refractivity contribution in [3.63, 3.8) is 0 Å². The van der Waals surface area contributed by atoms with Gasteiger partial charge in [-0.2, -0.15) is 0 Å². The Labute approximate surface area is 90.7 Å². The van der Waals surface area contributed by atoms with E-state index in [1.54, 1.807) is 6.92 Å². The molecule has 0 spiro atoms. The number of aromatic nitrogens is 1. The third-order valence-electron chi connectivity index (χ3n) is 2.24. The Kier molecular flexibility index (Phi) is 2.64. The monoisotopic (exact) mass is 222 g/mol. The highest BCUT2D eigenvalue weighted by Gasteiger charge is 2.24. The van der Waals surface area contributed by atoms with Crippen LogP contribution in [0.25, 0.3) is 10.2 Å². The minimum absolute atomic E-state index is 0.266. The number of nitrogens with zero attached hydrogens (tertiary/aromatic N) is 2. The number of nitro groups is 1. The van der Waals surface area contributed by atoms with E-state index in [1.807, 2.05) is 24.3 Å². The fourth-order valence-corrected chi connectivity index (χ4v) is 2.57. The molecule has 2 aromatic rings. The van der Waals surface area contributed by atoms with Crippen LogP contribution in [0, 0.1) is 10.1 Å². The predicted octanol–water partition coefficient (Wildman–Crippen LogP) is 3.02. The lowest BCUT2D eigenvalue weighted by Gasteiger charge is -2.00. The molecule has 1 unspecified atom stereocenters. The Bertz CT molecular complexity index is 462. The van der Waals surface area contributed by atoms with Crippen molar-refractivity contribution >= 4 is 21.6 Å². The quantitative estimate of drug-likeness (QED) is 0.592. The van der Waals surface area contributed by atoms with E-state index in [9.17, 15) is 10.1 Å². The van der Waals surface area contributed by atoms with Crippen LogP contribution < -0.4 is 0 Å². The van der Waals surface area contributed by atoms with Gasteiger partial charge < -0.3 is 0 Å². The SMILES string of the molecule is CCC(c1nc2ccccc2s1)[N+](=O)[O-]. The van der Waals surface area contributed by atoms with Crippen LogP contribution in [0.2, 0.25) is 0 Å². The second-order valence-electron chi connectivity index (χ2n) is 3.23. The van der Waals surface area contributed by atoms with Gasteiger partial charge in [-0.15, -0.1) is 11.3 Å². The molecular weight excluding hydrogens is 212 g/mol. The fraction of sp³-hybridized carbons (Fsp3) is 0.300. The third-order valence-corrected chi connectivity index (χ3v) is 3.37. The van der Waals surface area contributed by atoms with E-state index in [2.05, 4.69) is 4.98 Å². The van der Waals surface area contributed by atoms with Crippen LogP contribution in [0.3, 0.4) is 0 Å². The molecule has 1 aromatic heterocycles. The lowest BCUT2D eigenvalue weighted by atomic mass is 10.2. The van der Waals surface area contributed by atoms with Crippen molar-refractivity contribution in [1.29, 1.82) is 0 Å². The van der Waals surface area contributed by atoms with Crippen molar-refractivity contribution in [2.75, 3.05) is 0 Å². The largest absolute Gasteiger partial charge is 0.264 e. The normalized spacial score (nSPS) is 12.9. The first-order valence-electron chi connectivity index (χ1n) is 4.71. The van der Waals surface area contributed by atoms with E-state index < -0.39 is 6.04 Å². The van der Waals surface area contributed by atoms with Gasteiger partial charge in [-0.25, -0.2) is 4.98 Å². The molecule has 0 aliphatic heterocycles. The van der Waals surface area contributed by atoms with Crippen molar-refractivity contribution in [1.82, 2.24) is 4.98 Å². The van der Waals surface area contributed by atoms with Gasteiger partial charge in [-0.1, -0.05) is 19.1 Å². The number of fused-ring (bicyclic) bond motifs is 1. The molecule has 2 rings (SSSR count). The number of benzene rings is 1. The van der Waals surface area contributed by atoms with Gasteiger partial charge in [0.25, 0.3) is 6.04 Å². The van der Waals surface area contributed by atoms with Crippen LogP contribution in [0.4, 0.5) is 0 Å². The van der Waals surface area contributed by atoms with Gasteiger partial charge in [-0.3, -0.25) is 10.1 Å². The number of hydrogen-bond donors (Lipinski definition) is 0. The van der Waals surface area contributed by atoms with E-state index in [-0.39, 0.29) is 4.92 Å². The van der Waals surface area contributed by atoms with Crippen LogP contribution >= 0.6 is 11.3 Å². The van der Waals surface area contributed by atoms with Crippen molar-refractivity contribution in [3.8, 4) is 0 Å². The highest BCUT2D eigenvalue weighted by molar-refractivity contribution is 7.18. The van der Waals surface area contributed by atoms with E-state index >= 15 is 0 Å². The Morgan fingerprint density at radius 2 is 2.27 bits per heavy atom. The molecule has 0 radical (unpaired) electrons. The topological polar surface area (TPSA) is 56.0 Å². The van der Waals surface area contributed by atoms with Gasteiger partial charge in [0.15, 0.2) is 5.01 Å². The molecule has 1 heterocycles. The van der Waals surface area contributed by atoms with Crippen LogP contribution in [0.5, 0.6) is 0 Å². The van der Waals surface area contributed by atoms with Gasteiger partial charge in [-0.05, 0) is 12.1 Å². The molecule has 1 atom stereocenters. The zero-order valence-electron chi connectivity index (χ0n) is 8.21. The maximum Gasteiger partial charge on any atom is 0.263 e. The molecule has 0 aliphatic rings. The number of hydrogen-bond acceptors (Lipinski definition) is 4. The van der Waals surface area contributed by atoms with E-state index in [0.29, 0.717) is 11.4 Å². The minimum atomic E-state index is -0.664. The number of para-hydroxylation sites is 1. The van der Waals surface area contributed by atoms with Gasteiger partial charge in [0.05, 0.1) is 10.2 Å². The van der Waals surface area contributed by atoms with E-state index in [0.717, 1.165) is 10.2 Å². The average Bonchev–Trinajstić information content (AvgIpc) is 2.61. The summed E-state index contributed by atoms with van der Waals surface area (Å²) in [6.07, 6.45) is 0.479. The molecule has 78 valence electrons. The molecule has 0 aliphatic carbocycles. The van der Waals surface area contributed by atoms with Crippen LogP contribution in [-0.4, -0.2) is 9.91 Å². The van der Waals surface area contributed by atoms with Crippen molar-refractivity contribution in [2.24, 2.45) is 0 Å². The summed E-state index contributed by atoms with van der Waals surface area (Å²) in [6, 6.07) is 6.95. The highest BCUT2D eigenvalue weighted by atomic mass is 32.1. The summed E-state index contributed by atoms with van der Waals surface area (Å²) in [5.74, 6) is 0. The van der Waals surface area contributed by atoms with Crippen LogP contribution in [-0.2, 0) is 0 Å². The molecule has 0 fully saturated rings. The lowest BCUT2D eigenvalue weighted by Crippen LogP contribution is -2.08. The summed E-state index contributed by atoms with van der Waals surface area (Å²) in [5.41, 5.74) is 0.845. The molecule has 0 N–H and O–H groups in total. The van der Waals surface area contributed by atoms with E-state index in [1.165, 1.54) is 11.3 Å². The molecule has 1 aromatic carbocycles. The Balaban J connectivity index is 2.47. The first-order chi connectivity index (χ1) is 7.22. The zero-order chi connectivity index (χ0) is 10.8. The summed E-state index contributed by atoms with van der Waals surface area (Å²) in [4.78, 5) is 14.8. The summed E-state index contributed by atoms with van der Waals surface area (Å²) >= 11 is 1.41. The van der Waals surface area contributed by atoms with E-state index in [4.69, 9.17) is 0 Å². The summed E-state index contributed by atoms with van der Waals surface area (Å²) < 4.78 is 1.01. The smallest absolute Gasteiger partial charge is 0.263 e. The maximum absolute atomic E-state index is 10.8. The first kappa shape index (κ1) is 10.0. The lowest BCUT2D eigenvalue weighted by molar-refractivity contribution is -0.529. The standard InChI is InChI=1S/C10H10N2O2S/c1-2-8(12(13)14)10-11-7-5-3-4-6-9(7)15-10/h3-6,8H,2H2,1H3. The first-order valence-corrected chi connectivity index (χ1v) is 5.53. The van der Waals surface area contributed by atoms with Gasteiger partial charge in [0.2, 0.25) is 0 Å². The molecule has 15 heavy (non-hydrogen) atoms. The van der Waals surface area contributed by atoms with Crippen molar-refractivity contribution in [3.05, 3.63) is 39.4 Å². The molecule has 4 nitrogen and oxygen atoms in total. The molecule has 5 heteroatoms. The van der Waals surface area contributed by atoms with Crippen molar-refractivity contribution in [2.45, 2.75) is 19.4 Å². The van der Waals surface area contributed by atoms with Gasteiger partial charge >= 0.3 is 0 Å². The zero-order valence-corrected chi connectivity index (χ0v) is 9.03. The number of thiazole rings is 1. The Morgan fingerprint density at radius 1 is 1.53 bits per heavy atom. The van der Waals surface area contributed by atoms with Crippen molar-refractivity contribution < 1.29 is 4.92 Å². The number of rotatable bonds is 3. The molecular formula is C10H10N2O2S.